The molecule has 0 aromatic heterocycles. The normalized spacial score (nSPS) is 9.55. The summed E-state index contributed by atoms with van der Waals surface area (Å²) < 4.78 is 0. The summed E-state index contributed by atoms with van der Waals surface area (Å²) in [6.45, 7) is 0. The Labute approximate surface area is 68.9 Å². The van der Waals surface area contributed by atoms with Crippen LogP contribution in [0.3, 0.4) is 0 Å². The fourth-order valence-electron chi connectivity index (χ4n) is 0.679. The Hall–Kier alpha value is -1.22. The maximum absolute atomic E-state index is 10.6. The molecule has 0 bridgehead atoms. The maximum Gasteiger partial charge on any atom is 0.248 e. The first kappa shape index (κ1) is 7.88. The molecule has 0 heterocycles. The monoisotopic (exact) mass is 169 g/mol. The van der Waals surface area contributed by atoms with E-state index in [4.69, 9.17) is 23.1 Å². The molecule has 0 aliphatic rings. The number of carbonyl (C=O) groups is 1. The minimum absolute atomic E-state index is 0.114. The summed E-state index contributed by atoms with van der Waals surface area (Å²) in [5, 5.41) is 0.315. The molecule has 11 heavy (non-hydrogen) atoms. The summed E-state index contributed by atoms with van der Waals surface area (Å²) in [5.74, 6) is -0.546. The molecule has 3 N–H and O–H groups in total. The van der Waals surface area contributed by atoms with Gasteiger partial charge in [-0.15, -0.1) is 0 Å². The second-order valence-corrected chi connectivity index (χ2v) is 2.47. The van der Waals surface area contributed by atoms with Gasteiger partial charge >= 0.3 is 0 Å². The van der Waals surface area contributed by atoms with Crippen molar-refractivity contribution in [3.05, 3.63) is 28.8 Å². The van der Waals surface area contributed by atoms with E-state index in [0.29, 0.717) is 10.6 Å². The van der Waals surface area contributed by atoms with Crippen LogP contribution in [0.5, 0.6) is 0 Å². The number of amides is 1. The molecule has 1 amide bonds. The second-order valence-electron chi connectivity index (χ2n) is 2.06. The number of hydrogen-bond donors (Lipinski definition) is 1. The van der Waals surface area contributed by atoms with E-state index in [9.17, 15) is 4.79 Å². The predicted octanol–water partition coefficient (Wildman–Crippen LogP) is 1.35. The molecule has 57 valence electrons. The highest BCUT2D eigenvalue weighted by Crippen LogP contribution is 2.20. The minimum Gasteiger partial charge on any atom is -0.366 e. The van der Waals surface area contributed by atoms with Crippen LogP contribution in [-0.2, 0) is 0 Å². The summed E-state index contributed by atoms with van der Waals surface area (Å²) >= 11 is 5.55. The Balaban J connectivity index is 3.15. The van der Waals surface area contributed by atoms with Gasteiger partial charge in [-0.3, -0.25) is 10.5 Å². The van der Waals surface area contributed by atoms with E-state index in [-0.39, 0.29) is 5.69 Å². The van der Waals surface area contributed by atoms with Crippen molar-refractivity contribution in [3.63, 3.8) is 0 Å². The summed E-state index contributed by atoms with van der Waals surface area (Å²) in [5.41, 5.74) is 12.6. The van der Waals surface area contributed by atoms with E-state index in [2.05, 4.69) is 0 Å². The zero-order chi connectivity index (χ0) is 8.43. The minimum atomic E-state index is -0.546. The lowest BCUT2D eigenvalue weighted by Crippen LogP contribution is -2.10. The average Bonchev–Trinajstić information content (AvgIpc) is 1.94. The number of halogens is 1. The maximum atomic E-state index is 10.6. The van der Waals surface area contributed by atoms with Crippen molar-refractivity contribution in [1.82, 2.24) is 5.73 Å². The summed E-state index contributed by atoms with van der Waals surface area (Å²) in [6, 6.07) is 4.30. The number of rotatable bonds is 1. The van der Waals surface area contributed by atoms with Gasteiger partial charge in [0.05, 0.1) is 10.7 Å². The van der Waals surface area contributed by atoms with Crippen molar-refractivity contribution < 1.29 is 4.79 Å². The van der Waals surface area contributed by atoms with E-state index in [1.165, 1.54) is 18.2 Å². The van der Waals surface area contributed by atoms with Crippen LogP contribution in [-0.4, -0.2) is 5.91 Å². The summed E-state index contributed by atoms with van der Waals surface area (Å²) in [7, 11) is 0. The third kappa shape index (κ3) is 1.62. The van der Waals surface area contributed by atoms with Crippen LogP contribution in [0.25, 0.3) is 0 Å². The highest BCUT2D eigenvalue weighted by molar-refractivity contribution is 6.33. The molecule has 0 aliphatic heterocycles. The van der Waals surface area contributed by atoms with Gasteiger partial charge in [0.1, 0.15) is 0 Å². The molecule has 4 heteroatoms. The van der Waals surface area contributed by atoms with E-state index in [1.54, 1.807) is 0 Å². The van der Waals surface area contributed by atoms with Crippen molar-refractivity contribution >= 4 is 23.2 Å². The Bertz CT molecular complexity index is 298. The van der Waals surface area contributed by atoms with Crippen LogP contribution in [0.4, 0.5) is 5.69 Å². The van der Waals surface area contributed by atoms with E-state index < -0.39 is 5.91 Å². The first-order valence-electron chi connectivity index (χ1n) is 2.92. The summed E-state index contributed by atoms with van der Waals surface area (Å²) in [6.07, 6.45) is 0. The highest BCUT2D eigenvalue weighted by Gasteiger charge is 2.02. The lowest BCUT2D eigenvalue weighted by Gasteiger charge is -1.97. The van der Waals surface area contributed by atoms with Crippen LogP contribution < -0.4 is 11.5 Å². The first-order valence-corrected chi connectivity index (χ1v) is 3.30. The molecule has 1 radical (unpaired) electrons. The van der Waals surface area contributed by atoms with Crippen LogP contribution in [0.1, 0.15) is 10.4 Å². The van der Waals surface area contributed by atoms with Crippen molar-refractivity contribution in [2.24, 2.45) is 5.73 Å². The van der Waals surface area contributed by atoms with Crippen molar-refractivity contribution in [2.75, 3.05) is 0 Å². The van der Waals surface area contributed by atoms with Gasteiger partial charge in [0.2, 0.25) is 5.91 Å². The molecule has 0 spiro atoms. The van der Waals surface area contributed by atoms with E-state index in [1.807, 2.05) is 0 Å². The van der Waals surface area contributed by atoms with Gasteiger partial charge in [-0.2, -0.15) is 0 Å². The van der Waals surface area contributed by atoms with Gasteiger partial charge in [-0.25, -0.2) is 0 Å². The van der Waals surface area contributed by atoms with Crippen LogP contribution in [0.2, 0.25) is 5.02 Å². The third-order valence-electron chi connectivity index (χ3n) is 1.25. The zero-order valence-electron chi connectivity index (χ0n) is 5.60. The van der Waals surface area contributed by atoms with Gasteiger partial charge in [0.15, 0.2) is 0 Å². The number of benzene rings is 1. The molecule has 0 atom stereocenters. The quantitative estimate of drug-likeness (QED) is 0.678. The lowest BCUT2D eigenvalue weighted by molar-refractivity contribution is 0.100. The Morgan fingerprint density at radius 2 is 2.18 bits per heavy atom. The van der Waals surface area contributed by atoms with E-state index >= 15 is 0 Å². The molecule has 0 unspecified atom stereocenters. The second kappa shape index (κ2) is 2.80. The fourth-order valence-corrected chi connectivity index (χ4v) is 0.796. The predicted molar refractivity (Wildman–Crippen MR) is 42.7 cm³/mol. The fraction of sp³-hybridized carbons (Fsp3) is 0. The largest absolute Gasteiger partial charge is 0.366 e. The third-order valence-corrected chi connectivity index (χ3v) is 1.58. The molecule has 0 fully saturated rings. The molecule has 0 saturated heterocycles. The van der Waals surface area contributed by atoms with Crippen LogP contribution in [0, 0.1) is 0 Å². The molecule has 3 nitrogen and oxygen atoms in total. The topological polar surface area (TPSA) is 66.9 Å². The molecular weight excluding hydrogens is 164 g/mol. The zero-order valence-corrected chi connectivity index (χ0v) is 6.35. The number of carbonyl (C=O) groups excluding carboxylic acids is 1. The number of nitrogens with two attached hydrogens (primary N) is 1. The van der Waals surface area contributed by atoms with Crippen molar-refractivity contribution in [3.8, 4) is 0 Å². The molecule has 0 saturated carbocycles. The van der Waals surface area contributed by atoms with Crippen LogP contribution in [0.15, 0.2) is 18.2 Å². The number of nitrogens with one attached hydrogen (secondary N) is 1. The lowest BCUT2D eigenvalue weighted by atomic mass is 10.2. The van der Waals surface area contributed by atoms with Gasteiger partial charge in [0, 0.05) is 5.56 Å². The standard InChI is InChI=1S/C7H6ClN2O/c8-5-2-1-4(7(10)11)3-6(5)9/h1-3,9H,(H2,10,11). The molecule has 1 aromatic rings. The van der Waals surface area contributed by atoms with Gasteiger partial charge in [-0.05, 0) is 18.2 Å². The smallest absolute Gasteiger partial charge is 0.248 e. The van der Waals surface area contributed by atoms with Crippen molar-refractivity contribution in [2.45, 2.75) is 0 Å². The van der Waals surface area contributed by atoms with Gasteiger partial charge in [0.25, 0.3) is 0 Å². The van der Waals surface area contributed by atoms with Crippen LogP contribution >= 0.6 is 11.6 Å². The van der Waals surface area contributed by atoms with Crippen molar-refractivity contribution in [1.29, 1.82) is 0 Å². The number of hydrogen-bond acceptors (Lipinski definition) is 1. The summed E-state index contributed by atoms with van der Waals surface area (Å²) in [4.78, 5) is 10.6. The first-order chi connectivity index (χ1) is 5.11. The SMILES string of the molecule is [NH]c1cc(C(N)=O)ccc1Cl. The highest BCUT2D eigenvalue weighted by atomic mass is 35.5. The molecule has 1 aromatic carbocycles. The molecule has 1 rings (SSSR count). The van der Waals surface area contributed by atoms with Gasteiger partial charge in [-0.1, -0.05) is 11.6 Å². The molecular formula is C7H6ClN2O. The Morgan fingerprint density at radius 1 is 1.55 bits per heavy atom. The van der Waals surface area contributed by atoms with Gasteiger partial charge < -0.3 is 5.73 Å². The number of primary amides is 1. The average molecular weight is 170 g/mol. The van der Waals surface area contributed by atoms with E-state index in [0.717, 1.165) is 0 Å². The Kier molecular flexibility index (Phi) is 2.01. The molecule has 0 aliphatic carbocycles. The Morgan fingerprint density at radius 3 is 2.64 bits per heavy atom.